The van der Waals surface area contributed by atoms with Crippen LogP contribution in [0.15, 0.2) is 0 Å². The van der Waals surface area contributed by atoms with Crippen LogP contribution < -0.4 is 34.4 Å². The lowest BCUT2D eigenvalue weighted by Gasteiger charge is -2.47. The first-order valence-corrected chi connectivity index (χ1v) is 11.4. The van der Waals surface area contributed by atoms with Gasteiger partial charge in [-0.25, -0.2) is 4.79 Å². The summed E-state index contributed by atoms with van der Waals surface area (Å²) in [6.07, 6.45) is -12.5. The van der Waals surface area contributed by atoms with Crippen LogP contribution in [-0.2, 0) is 23.7 Å². The Kier molecular flexibility index (Phi) is 9.60. The molecule has 1 amide bonds. The van der Waals surface area contributed by atoms with Crippen molar-refractivity contribution in [1.29, 1.82) is 0 Å². The number of carbonyl (C=O) groups is 1. The number of rotatable bonds is 7. The minimum absolute atomic E-state index is 0.0350. The highest BCUT2D eigenvalue weighted by atomic mass is 16.7. The maximum atomic E-state index is 11.1. The van der Waals surface area contributed by atoms with Crippen LogP contribution in [0.4, 0.5) is 4.79 Å². The molecule has 2 heterocycles. The van der Waals surface area contributed by atoms with E-state index in [0.29, 0.717) is 0 Å². The van der Waals surface area contributed by atoms with Gasteiger partial charge in [0.25, 0.3) is 0 Å². The molecule has 2 saturated heterocycles. The van der Waals surface area contributed by atoms with Crippen molar-refractivity contribution in [1.82, 2.24) is 0 Å². The smallest absolute Gasteiger partial charge is 0.404 e. The Bertz CT molecular complexity index is 711. The lowest BCUT2D eigenvalue weighted by atomic mass is 9.84. The molecule has 1 aliphatic carbocycles. The molecule has 0 aromatic rings. The normalized spacial score (nSPS) is 48.9. The van der Waals surface area contributed by atoms with Crippen molar-refractivity contribution in [3.8, 4) is 0 Å². The largest absolute Gasteiger partial charge is 0.447 e. The summed E-state index contributed by atoms with van der Waals surface area (Å²) in [5.41, 5.74) is 34.9. The molecule has 1 saturated carbocycles. The quantitative estimate of drug-likeness (QED) is 0.152. The Balaban J connectivity index is 1.70. The van der Waals surface area contributed by atoms with E-state index in [1.54, 1.807) is 0 Å². The van der Waals surface area contributed by atoms with E-state index in [9.17, 15) is 25.2 Å². The van der Waals surface area contributed by atoms with Gasteiger partial charge in [-0.2, -0.15) is 0 Å². The Labute approximate surface area is 201 Å². The van der Waals surface area contributed by atoms with Gasteiger partial charge in [-0.1, -0.05) is 0 Å². The van der Waals surface area contributed by atoms with E-state index in [-0.39, 0.29) is 19.4 Å². The summed E-state index contributed by atoms with van der Waals surface area (Å²) in [4.78, 5) is 10.9. The minimum atomic E-state index is -1.51. The highest BCUT2D eigenvalue weighted by Crippen LogP contribution is 2.30. The van der Waals surface area contributed by atoms with Crippen LogP contribution in [0.2, 0.25) is 0 Å². The van der Waals surface area contributed by atoms with Crippen molar-refractivity contribution >= 4 is 6.09 Å². The van der Waals surface area contributed by atoms with E-state index in [2.05, 4.69) is 4.74 Å². The predicted octanol–water partition coefficient (Wildman–Crippen LogP) is -6.19. The molecule has 35 heavy (non-hydrogen) atoms. The number of hydrogen-bond acceptors (Lipinski definition) is 15. The van der Waals surface area contributed by atoms with Gasteiger partial charge in [0.15, 0.2) is 12.6 Å². The van der Waals surface area contributed by atoms with Crippen molar-refractivity contribution < 1.29 is 48.9 Å². The molecule has 2 aliphatic heterocycles. The number of nitrogens with two attached hydrogens (primary N) is 6. The molecule has 3 fully saturated rings. The maximum absolute atomic E-state index is 11.1. The molecule has 0 aromatic carbocycles. The molecule has 14 atom stereocenters. The number of ether oxygens (including phenoxy) is 5. The molecule has 0 radical (unpaired) electrons. The van der Waals surface area contributed by atoms with Crippen LogP contribution in [0.3, 0.4) is 0 Å². The Morgan fingerprint density at radius 1 is 0.800 bits per heavy atom. The SMILES string of the molecule is NC[C@H]1O[C@H](O[C@H]2[C@H](O)[C@@H](O[C@H]3O[C@H](COC(N)=O)[C@@H](O)[C@H](N)[C@H]3O)[C@H](N)C[C@@H]2N)[C@H](N)C[C@@H]1O. The molecule has 204 valence electrons. The first-order valence-electron chi connectivity index (χ1n) is 11.4. The molecule has 16 nitrogen and oxygen atoms in total. The monoisotopic (exact) mass is 510 g/mol. The second-order valence-corrected chi connectivity index (χ2v) is 9.23. The van der Waals surface area contributed by atoms with Crippen molar-refractivity contribution in [2.75, 3.05) is 13.2 Å². The Hall–Kier alpha value is -1.25. The van der Waals surface area contributed by atoms with Crippen LogP contribution >= 0.6 is 0 Å². The molecule has 0 aromatic heterocycles. The molecular formula is C19H38N6O10. The number of amides is 1. The fraction of sp³-hybridized carbons (Fsp3) is 0.947. The summed E-state index contributed by atoms with van der Waals surface area (Å²) in [7, 11) is 0. The zero-order valence-electron chi connectivity index (χ0n) is 19.1. The number of aliphatic hydroxyl groups excluding tert-OH is 4. The van der Waals surface area contributed by atoms with Crippen molar-refractivity contribution in [3.05, 3.63) is 0 Å². The van der Waals surface area contributed by atoms with Gasteiger partial charge in [-0.3, -0.25) is 0 Å². The first kappa shape index (κ1) is 28.3. The topological polar surface area (TPSA) is 300 Å². The first-order chi connectivity index (χ1) is 16.4. The van der Waals surface area contributed by atoms with Gasteiger partial charge in [0.1, 0.15) is 43.2 Å². The van der Waals surface area contributed by atoms with Crippen LogP contribution in [0, 0.1) is 0 Å². The van der Waals surface area contributed by atoms with Gasteiger partial charge in [0, 0.05) is 18.6 Å². The molecule has 0 bridgehead atoms. The van der Waals surface area contributed by atoms with Gasteiger partial charge < -0.3 is 78.5 Å². The van der Waals surface area contributed by atoms with Gasteiger partial charge in [-0.15, -0.1) is 0 Å². The van der Waals surface area contributed by atoms with Crippen molar-refractivity contribution in [2.45, 2.75) is 98.4 Å². The third kappa shape index (κ3) is 6.37. The standard InChI is InChI=1S/C19H38N6O10/c20-3-9-8(26)2-7(23)17(32-9)34-15-5(21)1-6(22)16(14(15)29)35-18-13(28)11(24)12(27)10(33-18)4-31-19(25)30/h5-18,26-29H,1-4,20-24H2,(H2,25,30)/t5-,6+,7+,8-,9+,10+,11-,12+,13+,14-,15+,16-,17+,18+/m0/s1. The van der Waals surface area contributed by atoms with Crippen LogP contribution in [0.5, 0.6) is 0 Å². The van der Waals surface area contributed by atoms with E-state index < -0.39 is 98.3 Å². The molecule has 16 N–H and O–H groups in total. The predicted molar refractivity (Wildman–Crippen MR) is 117 cm³/mol. The van der Waals surface area contributed by atoms with Gasteiger partial charge in [-0.05, 0) is 12.8 Å². The maximum Gasteiger partial charge on any atom is 0.404 e. The summed E-state index contributed by atoms with van der Waals surface area (Å²) in [6, 6.07) is -3.46. The number of hydrogen-bond donors (Lipinski definition) is 10. The molecule has 0 unspecified atom stereocenters. The Morgan fingerprint density at radius 3 is 1.94 bits per heavy atom. The lowest BCUT2D eigenvalue weighted by Crippen LogP contribution is -2.68. The Morgan fingerprint density at radius 2 is 1.37 bits per heavy atom. The van der Waals surface area contributed by atoms with E-state index in [0.717, 1.165) is 0 Å². The summed E-state index contributed by atoms with van der Waals surface area (Å²) >= 11 is 0. The van der Waals surface area contributed by atoms with Gasteiger partial charge >= 0.3 is 6.09 Å². The summed E-state index contributed by atoms with van der Waals surface area (Å²) < 4.78 is 27.6. The second kappa shape index (κ2) is 11.9. The lowest BCUT2D eigenvalue weighted by molar-refractivity contribution is -0.314. The van der Waals surface area contributed by atoms with E-state index in [1.165, 1.54) is 0 Å². The van der Waals surface area contributed by atoms with Crippen LogP contribution in [-0.4, -0.2) is 125 Å². The third-order valence-corrected chi connectivity index (χ3v) is 6.62. The van der Waals surface area contributed by atoms with E-state index in [4.69, 9.17) is 53.3 Å². The minimum Gasteiger partial charge on any atom is -0.447 e. The molecule has 3 aliphatic rings. The van der Waals surface area contributed by atoms with Crippen LogP contribution in [0.1, 0.15) is 12.8 Å². The summed E-state index contributed by atoms with van der Waals surface area (Å²) in [5, 5.41) is 41.8. The molecule has 3 rings (SSSR count). The zero-order valence-corrected chi connectivity index (χ0v) is 19.1. The highest BCUT2D eigenvalue weighted by molar-refractivity contribution is 5.64. The van der Waals surface area contributed by atoms with Crippen molar-refractivity contribution in [3.63, 3.8) is 0 Å². The number of aliphatic hydroxyl groups is 4. The number of carbonyl (C=O) groups excluding carboxylic acids is 1. The molecule has 16 heteroatoms. The van der Waals surface area contributed by atoms with Gasteiger partial charge in [0.2, 0.25) is 0 Å². The van der Waals surface area contributed by atoms with Crippen LogP contribution in [0.25, 0.3) is 0 Å². The van der Waals surface area contributed by atoms with Crippen molar-refractivity contribution in [2.24, 2.45) is 34.4 Å². The average molecular weight is 511 g/mol. The zero-order chi connectivity index (χ0) is 26.0. The molecule has 0 spiro atoms. The second-order valence-electron chi connectivity index (χ2n) is 9.23. The highest BCUT2D eigenvalue weighted by Gasteiger charge is 2.50. The van der Waals surface area contributed by atoms with E-state index >= 15 is 0 Å². The number of primary amides is 1. The average Bonchev–Trinajstić information content (AvgIpc) is 2.79. The fourth-order valence-electron chi connectivity index (χ4n) is 4.58. The summed E-state index contributed by atoms with van der Waals surface area (Å²) in [5.74, 6) is 0. The van der Waals surface area contributed by atoms with E-state index in [1.807, 2.05) is 0 Å². The third-order valence-electron chi connectivity index (χ3n) is 6.62. The summed E-state index contributed by atoms with van der Waals surface area (Å²) in [6.45, 7) is -0.412. The molecular weight excluding hydrogens is 472 g/mol. The van der Waals surface area contributed by atoms with Gasteiger partial charge in [0.05, 0.1) is 24.3 Å². The fourth-order valence-corrected chi connectivity index (χ4v) is 4.58.